The number of amides is 1. The van der Waals surface area contributed by atoms with E-state index in [2.05, 4.69) is 24.4 Å². The van der Waals surface area contributed by atoms with E-state index in [1.54, 1.807) is 0 Å². The van der Waals surface area contributed by atoms with Crippen LogP contribution in [0.25, 0.3) is 0 Å². The minimum Gasteiger partial charge on any atom is -0.461 e. The van der Waals surface area contributed by atoms with Gasteiger partial charge < -0.3 is 14.8 Å². The molecule has 1 heterocycles. The number of hydrogen-bond donors (Lipinski definition) is 1. The van der Waals surface area contributed by atoms with Crippen LogP contribution in [0.1, 0.15) is 137 Å². The van der Waals surface area contributed by atoms with Gasteiger partial charge in [-0.3, -0.25) is 9.59 Å². The van der Waals surface area contributed by atoms with Gasteiger partial charge in [-0.15, -0.1) is 0 Å². The average molecular weight is 522 g/mol. The molecule has 6 nitrogen and oxygen atoms in total. The minimum absolute atomic E-state index is 0.102. The summed E-state index contributed by atoms with van der Waals surface area (Å²) in [6.07, 6.45) is 23.5. The molecular weight excluding hydrogens is 466 g/mol. The van der Waals surface area contributed by atoms with Crippen molar-refractivity contribution in [3.63, 3.8) is 0 Å². The van der Waals surface area contributed by atoms with Crippen LogP contribution >= 0.6 is 0 Å². The fourth-order valence-electron chi connectivity index (χ4n) is 5.00. The summed E-state index contributed by atoms with van der Waals surface area (Å²) in [6.45, 7) is 8.26. The molecule has 37 heavy (non-hydrogen) atoms. The summed E-state index contributed by atoms with van der Waals surface area (Å²) in [7, 11) is 0. The van der Waals surface area contributed by atoms with E-state index in [4.69, 9.17) is 9.47 Å². The van der Waals surface area contributed by atoms with Gasteiger partial charge in [-0.1, -0.05) is 91.2 Å². The maximum absolute atomic E-state index is 12.8. The number of esters is 2. The van der Waals surface area contributed by atoms with Crippen LogP contribution < -0.4 is 5.32 Å². The Balaban J connectivity index is 2.32. The molecule has 0 spiro atoms. The molecule has 0 bridgehead atoms. The van der Waals surface area contributed by atoms with Gasteiger partial charge in [0.2, 0.25) is 6.41 Å². The summed E-state index contributed by atoms with van der Waals surface area (Å²) in [6, 6.07) is -0.639. The Bertz CT molecular complexity index is 648. The zero-order valence-electron chi connectivity index (χ0n) is 24.2. The van der Waals surface area contributed by atoms with Crippen molar-refractivity contribution in [2.24, 2.45) is 11.8 Å². The van der Waals surface area contributed by atoms with Crippen LogP contribution in [0.2, 0.25) is 0 Å². The number of carbonyl (C=O) groups excluding carboxylic acids is 3. The van der Waals surface area contributed by atoms with Crippen LogP contribution in [-0.4, -0.2) is 36.6 Å². The second-order valence-electron chi connectivity index (χ2n) is 11.1. The van der Waals surface area contributed by atoms with E-state index in [9.17, 15) is 14.4 Å². The Morgan fingerprint density at radius 3 is 2.08 bits per heavy atom. The molecule has 0 saturated carbocycles. The lowest BCUT2D eigenvalue weighted by Crippen LogP contribution is -2.47. The molecule has 6 heteroatoms. The SMILES string of the molecule is CCCCCCCC/C=C\CCCCCCC[C@@H](C[C@H]1OC(=O)[C@@H]1CC)OC(=O)C(CC(C)C)NC=O. The molecule has 4 atom stereocenters. The van der Waals surface area contributed by atoms with Crippen molar-refractivity contribution in [2.75, 3.05) is 0 Å². The molecular formula is C31H55NO5. The van der Waals surface area contributed by atoms with Crippen LogP contribution in [0, 0.1) is 11.8 Å². The zero-order valence-corrected chi connectivity index (χ0v) is 24.2. The highest BCUT2D eigenvalue weighted by molar-refractivity contribution is 5.79. The third kappa shape index (κ3) is 15.2. The lowest BCUT2D eigenvalue weighted by molar-refractivity contribution is -0.190. The van der Waals surface area contributed by atoms with Gasteiger partial charge >= 0.3 is 11.9 Å². The van der Waals surface area contributed by atoms with Crippen molar-refractivity contribution in [3.05, 3.63) is 12.2 Å². The van der Waals surface area contributed by atoms with E-state index in [1.807, 2.05) is 20.8 Å². The summed E-state index contributed by atoms with van der Waals surface area (Å²) < 4.78 is 11.2. The van der Waals surface area contributed by atoms with E-state index in [0.717, 1.165) is 32.1 Å². The van der Waals surface area contributed by atoms with Crippen molar-refractivity contribution < 1.29 is 23.9 Å². The first kappa shape index (κ1) is 33.2. The standard InChI is InChI=1S/C31H55NO5/c1-5-7-8-9-10-11-12-13-14-15-16-17-18-19-20-21-26(23-29-27(6-2)30(34)37-29)36-31(35)28(32-24-33)22-25(3)4/h13-14,24-29H,5-12,15-23H2,1-4H3,(H,32,33)/b14-13-/t26-,27+,28?,29+/m0/s1. The Morgan fingerprint density at radius 1 is 0.946 bits per heavy atom. The first-order valence-corrected chi connectivity index (χ1v) is 15.2. The molecule has 0 radical (unpaired) electrons. The number of allylic oxidation sites excluding steroid dienone is 2. The van der Waals surface area contributed by atoms with Crippen molar-refractivity contribution in [2.45, 2.75) is 155 Å². The maximum Gasteiger partial charge on any atom is 0.328 e. The van der Waals surface area contributed by atoms with Gasteiger partial charge in [0, 0.05) is 6.42 Å². The van der Waals surface area contributed by atoms with E-state index >= 15 is 0 Å². The quantitative estimate of drug-likeness (QED) is 0.0618. The molecule has 1 aliphatic rings. The first-order valence-electron chi connectivity index (χ1n) is 15.2. The van der Waals surface area contributed by atoms with Gasteiger partial charge in [0.05, 0.1) is 5.92 Å². The Kier molecular flexibility index (Phi) is 18.9. The lowest BCUT2D eigenvalue weighted by atomic mass is 9.89. The molecule has 0 aliphatic carbocycles. The third-order valence-electron chi connectivity index (χ3n) is 7.29. The minimum atomic E-state index is -0.639. The van der Waals surface area contributed by atoms with Gasteiger partial charge in [0.1, 0.15) is 18.2 Å². The van der Waals surface area contributed by atoms with Crippen LogP contribution in [0.5, 0.6) is 0 Å². The van der Waals surface area contributed by atoms with Gasteiger partial charge in [-0.25, -0.2) is 4.79 Å². The van der Waals surface area contributed by atoms with Crippen LogP contribution in [-0.2, 0) is 23.9 Å². The molecule has 1 amide bonds. The van der Waals surface area contributed by atoms with E-state index in [-0.39, 0.29) is 30.0 Å². The van der Waals surface area contributed by atoms with Crippen LogP contribution in [0.15, 0.2) is 12.2 Å². The summed E-state index contributed by atoms with van der Waals surface area (Å²) in [5.74, 6) is -0.392. The molecule has 214 valence electrons. The Hall–Kier alpha value is -1.85. The molecule has 1 saturated heterocycles. The summed E-state index contributed by atoms with van der Waals surface area (Å²) in [4.78, 5) is 35.5. The normalized spacial score (nSPS) is 18.9. The molecule has 0 aromatic rings. The van der Waals surface area contributed by atoms with Gasteiger partial charge in [-0.05, 0) is 57.3 Å². The highest BCUT2D eigenvalue weighted by Gasteiger charge is 2.42. The second-order valence-corrected chi connectivity index (χ2v) is 11.1. The molecule has 0 aromatic heterocycles. The molecule has 0 aromatic carbocycles. The number of unbranched alkanes of at least 4 members (excludes halogenated alkanes) is 11. The number of rotatable bonds is 24. The van der Waals surface area contributed by atoms with Crippen molar-refractivity contribution in [1.82, 2.24) is 5.32 Å². The predicted octanol–water partition coefficient (Wildman–Crippen LogP) is 7.44. The maximum atomic E-state index is 12.8. The molecule has 1 unspecified atom stereocenters. The lowest BCUT2D eigenvalue weighted by Gasteiger charge is -2.36. The van der Waals surface area contributed by atoms with Gasteiger partial charge in [0.15, 0.2) is 0 Å². The predicted molar refractivity (Wildman–Crippen MR) is 150 cm³/mol. The van der Waals surface area contributed by atoms with Crippen LogP contribution in [0.4, 0.5) is 0 Å². The fraction of sp³-hybridized carbons (Fsp3) is 0.839. The van der Waals surface area contributed by atoms with Crippen molar-refractivity contribution in [3.8, 4) is 0 Å². The van der Waals surface area contributed by atoms with Gasteiger partial charge in [0.25, 0.3) is 0 Å². The van der Waals surface area contributed by atoms with E-state index < -0.39 is 12.0 Å². The van der Waals surface area contributed by atoms with E-state index in [1.165, 1.54) is 64.2 Å². The van der Waals surface area contributed by atoms with Crippen molar-refractivity contribution >= 4 is 18.3 Å². The summed E-state index contributed by atoms with van der Waals surface area (Å²) in [5.41, 5.74) is 0. The third-order valence-corrected chi connectivity index (χ3v) is 7.29. The summed E-state index contributed by atoms with van der Waals surface area (Å²) in [5, 5.41) is 2.60. The topological polar surface area (TPSA) is 81.7 Å². The summed E-state index contributed by atoms with van der Waals surface area (Å²) >= 11 is 0. The molecule has 1 fully saturated rings. The van der Waals surface area contributed by atoms with Gasteiger partial charge in [-0.2, -0.15) is 0 Å². The monoisotopic (exact) mass is 521 g/mol. The Morgan fingerprint density at radius 2 is 1.54 bits per heavy atom. The smallest absolute Gasteiger partial charge is 0.328 e. The largest absolute Gasteiger partial charge is 0.461 e. The first-order chi connectivity index (χ1) is 17.9. The number of nitrogens with one attached hydrogen (secondary N) is 1. The highest BCUT2D eigenvalue weighted by atomic mass is 16.6. The number of hydrogen-bond acceptors (Lipinski definition) is 5. The zero-order chi connectivity index (χ0) is 27.3. The number of cyclic esters (lactones) is 1. The molecule has 1 rings (SSSR count). The number of ether oxygens (including phenoxy) is 2. The molecule has 1 N–H and O–H groups in total. The number of carbonyl (C=O) groups is 3. The van der Waals surface area contributed by atoms with Crippen LogP contribution in [0.3, 0.4) is 0 Å². The molecule has 1 aliphatic heterocycles. The highest BCUT2D eigenvalue weighted by Crippen LogP contribution is 2.31. The Labute approximate surface area is 226 Å². The average Bonchev–Trinajstić information content (AvgIpc) is 2.85. The second kappa shape index (κ2) is 21.1. The fourth-order valence-corrected chi connectivity index (χ4v) is 5.00. The van der Waals surface area contributed by atoms with E-state index in [0.29, 0.717) is 19.3 Å². The van der Waals surface area contributed by atoms with Crippen molar-refractivity contribution in [1.29, 1.82) is 0 Å².